The van der Waals surface area contributed by atoms with Crippen molar-refractivity contribution in [2.75, 3.05) is 5.01 Å². The Hall–Kier alpha value is -1.02. The molecule has 2 heteroatoms. The summed E-state index contributed by atoms with van der Waals surface area (Å²) in [6, 6.07) is 11.4. The Morgan fingerprint density at radius 2 is 1.89 bits per heavy atom. The van der Waals surface area contributed by atoms with Crippen LogP contribution in [-0.4, -0.2) is 11.6 Å². The van der Waals surface area contributed by atoms with Crippen LogP contribution in [-0.2, 0) is 0 Å². The lowest BCUT2D eigenvalue weighted by Crippen LogP contribution is -2.46. The number of hydrogen-bond donors (Lipinski definition) is 1. The van der Waals surface area contributed by atoms with Crippen molar-refractivity contribution in [1.29, 1.82) is 0 Å². The molecule has 1 aliphatic heterocycles. The van der Waals surface area contributed by atoms with Gasteiger partial charge in [0.15, 0.2) is 0 Å². The van der Waals surface area contributed by atoms with Crippen molar-refractivity contribution in [1.82, 2.24) is 5.43 Å². The van der Waals surface area contributed by atoms with Crippen molar-refractivity contribution >= 4 is 5.69 Å². The summed E-state index contributed by atoms with van der Waals surface area (Å²) >= 11 is 0. The van der Waals surface area contributed by atoms with Gasteiger partial charge >= 0.3 is 0 Å². The average Bonchev–Trinajstić information content (AvgIpc) is 2.61. The maximum atomic E-state index is 3.76. The number of hydrazine groups is 1. The number of nitrogens with zero attached hydrogens (tertiary/aromatic N) is 1. The first-order chi connectivity index (χ1) is 8.59. The molecule has 1 aliphatic carbocycles. The van der Waals surface area contributed by atoms with Gasteiger partial charge in [0.05, 0.1) is 11.2 Å². The van der Waals surface area contributed by atoms with E-state index in [1.807, 2.05) is 0 Å². The van der Waals surface area contributed by atoms with E-state index in [1.165, 1.54) is 24.9 Å². The fourth-order valence-corrected chi connectivity index (χ4v) is 3.85. The molecule has 1 saturated carbocycles. The Morgan fingerprint density at radius 1 is 1.17 bits per heavy atom. The minimum Gasteiger partial charge on any atom is -0.302 e. The second-order valence-corrected chi connectivity index (χ2v) is 6.58. The van der Waals surface area contributed by atoms with Crippen molar-refractivity contribution < 1.29 is 0 Å². The molecule has 3 rings (SSSR count). The zero-order valence-electron chi connectivity index (χ0n) is 11.7. The molecule has 1 aromatic carbocycles. The fourth-order valence-electron chi connectivity index (χ4n) is 3.85. The van der Waals surface area contributed by atoms with Crippen LogP contribution in [0.3, 0.4) is 0 Å². The van der Waals surface area contributed by atoms with Gasteiger partial charge in [-0.25, -0.2) is 5.43 Å². The summed E-state index contributed by atoms with van der Waals surface area (Å²) in [5.41, 5.74) is 5.27. The summed E-state index contributed by atoms with van der Waals surface area (Å²) in [5.74, 6) is 1.64. The third kappa shape index (κ3) is 1.83. The fraction of sp³-hybridized carbons (Fsp3) is 0.625. The zero-order chi connectivity index (χ0) is 12.8. The van der Waals surface area contributed by atoms with Crippen LogP contribution in [0.25, 0.3) is 0 Å². The molecule has 2 aliphatic rings. The van der Waals surface area contributed by atoms with Gasteiger partial charge < -0.3 is 5.01 Å². The maximum Gasteiger partial charge on any atom is 0.0551 e. The minimum absolute atomic E-state index is 0.214. The number of hydrogen-bond acceptors (Lipinski definition) is 2. The Balaban J connectivity index is 1.89. The van der Waals surface area contributed by atoms with Crippen LogP contribution in [0, 0.1) is 11.8 Å². The number of nitrogens with one attached hydrogen (secondary N) is 1. The van der Waals surface area contributed by atoms with Gasteiger partial charge in [-0.1, -0.05) is 31.5 Å². The number of fused-ring (bicyclic) bond motifs is 1. The molecular weight excluding hydrogens is 220 g/mol. The Kier molecular flexibility index (Phi) is 2.86. The molecular formula is C16H24N2. The molecule has 18 heavy (non-hydrogen) atoms. The smallest absolute Gasteiger partial charge is 0.0551 e. The topological polar surface area (TPSA) is 15.3 Å². The quantitative estimate of drug-likeness (QED) is 0.812. The second kappa shape index (κ2) is 4.27. The molecule has 3 atom stereocenters. The van der Waals surface area contributed by atoms with Crippen LogP contribution >= 0.6 is 0 Å². The average molecular weight is 244 g/mol. The molecule has 0 aromatic heterocycles. The van der Waals surface area contributed by atoms with E-state index in [9.17, 15) is 0 Å². The van der Waals surface area contributed by atoms with Crippen LogP contribution in [0.15, 0.2) is 30.3 Å². The van der Waals surface area contributed by atoms with E-state index in [1.54, 1.807) is 0 Å². The molecule has 98 valence electrons. The third-order valence-electron chi connectivity index (χ3n) is 4.91. The largest absolute Gasteiger partial charge is 0.302 e. The molecule has 1 N–H and O–H groups in total. The maximum absolute atomic E-state index is 3.76. The van der Waals surface area contributed by atoms with Crippen LogP contribution in [0.5, 0.6) is 0 Å². The highest BCUT2D eigenvalue weighted by molar-refractivity contribution is 5.49. The van der Waals surface area contributed by atoms with Crippen LogP contribution in [0.1, 0.15) is 40.0 Å². The van der Waals surface area contributed by atoms with Gasteiger partial charge in [-0.2, -0.15) is 0 Å². The summed E-state index contributed by atoms with van der Waals surface area (Å²) in [4.78, 5) is 0. The first-order valence-electron chi connectivity index (χ1n) is 7.20. The predicted octanol–water partition coefficient (Wildman–Crippen LogP) is 3.59. The first-order valence-corrected chi connectivity index (χ1v) is 7.20. The van der Waals surface area contributed by atoms with Crippen molar-refractivity contribution in [3.05, 3.63) is 30.3 Å². The van der Waals surface area contributed by atoms with Gasteiger partial charge in [-0.05, 0) is 44.7 Å². The van der Waals surface area contributed by atoms with Crippen molar-refractivity contribution in [3.63, 3.8) is 0 Å². The monoisotopic (exact) mass is 244 g/mol. The summed E-state index contributed by atoms with van der Waals surface area (Å²) in [5, 5.41) is 2.40. The summed E-state index contributed by atoms with van der Waals surface area (Å²) in [7, 11) is 0. The minimum atomic E-state index is 0.214. The highest BCUT2D eigenvalue weighted by atomic mass is 15.6. The number of benzene rings is 1. The molecule has 0 radical (unpaired) electrons. The van der Waals surface area contributed by atoms with Crippen LogP contribution < -0.4 is 10.4 Å². The van der Waals surface area contributed by atoms with Gasteiger partial charge in [0.25, 0.3) is 0 Å². The molecule has 0 unspecified atom stereocenters. The molecule has 0 amide bonds. The second-order valence-electron chi connectivity index (χ2n) is 6.58. The van der Waals surface area contributed by atoms with E-state index in [4.69, 9.17) is 0 Å². The lowest BCUT2D eigenvalue weighted by atomic mass is 9.72. The van der Waals surface area contributed by atoms with E-state index in [2.05, 4.69) is 61.5 Å². The van der Waals surface area contributed by atoms with E-state index in [-0.39, 0.29) is 5.54 Å². The first kappa shape index (κ1) is 12.0. The Morgan fingerprint density at radius 3 is 2.61 bits per heavy atom. The van der Waals surface area contributed by atoms with E-state index in [0.29, 0.717) is 6.04 Å². The standard InChI is InChI=1S/C16H24N2/c1-12-9-10-14-15(11-12)17-18(16(14,2)3)13-7-5-4-6-8-13/h4-8,12,14-15,17H,9-11H2,1-3H3/t12-,14-,15+/m0/s1. The highest BCUT2D eigenvalue weighted by Gasteiger charge is 2.49. The van der Waals surface area contributed by atoms with Gasteiger partial charge in [0, 0.05) is 12.0 Å². The van der Waals surface area contributed by atoms with Gasteiger partial charge in [-0.15, -0.1) is 0 Å². The molecule has 0 bridgehead atoms. The van der Waals surface area contributed by atoms with Crippen LogP contribution in [0.2, 0.25) is 0 Å². The SMILES string of the molecule is C[C@H]1CC[C@H]2[C@@H](C1)NN(c1ccccc1)C2(C)C. The van der Waals surface area contributed by atoms with E-state index >= 15 is 0 Å². The molecule has 0 spiro atoms. The number of anilines is 1. The van der Waals surface area contributed by atoms with Crippen molar-refractivity contribution in [2.24, 2.45) is 11.8 Å². The van der Waals surface area contributed by atoms with E-state index in [0.717, 1.165) is 11.8 Å². The van der Waals surface area contributed by atoms with Crippen molar-refractivity contribution in [3.8, 4) is 0 Å². The summed E-state index contributed by atoms with van der Waals surface area (Å²) in [6.07, 6.45) is 4.06. The van der Waals surface area contributed by atoms with Crippen LogP contribution in [0.4, 0.5) is 5.69 Å². The number of para-hydroxylation sites is 1. The Bertz CT molecular complexity index is 412. The summed E-state index contributed by atoms with van der Waals surface area (Å²) < 4.78 is 0. The highest BCUT2D eigenvalue weighted by Crippen LogP contribution is 2.44. The molecule has 1 aromatic rings. The van der Waals surface area contributed by atoms with Gasteiger partial charge in [0.2, 0.25) is 0 Å². The van der Waals surface area contributed by atoms with Crippen molar-refractivity contribution in [2.45, 2.75) is 51.6 Å². The molecule has 1 saturated heterocycles. The van der Waals surface area contributed by atoms with Gasteiger partial charge in [-0.3, -0.25) is 0 Å². The molecule has 1 heterocycles. The number of rotatable bonds is 1. The third-order valence-corrected chi connectivity index (χ3v) is 4.91. The normalized spacial score (nSPS) is 34.4. The predicted molar refractivity (Wildman–Crippen MR) is 76.4 cm³/mol. The van der Waals surface area contributed by atoms with Gasteiger partial charge in [0.1, 0.15) is 0 Å². The lowest BCUT2D eigenvalue weighted by molar-refractivity contribution is 0.219. The summed E-state index contributed by atoms with van der Waals surface area (Å²) in [6.45, 7) is 7.15. The Labute approximate surface area is 110 Å². The lowest BCUT2D eigenvalue weighted by Gasteiger charge is -2.38. The molecule has 2 nitrogen and oxygen atoms in total. The zero-order valence-corrected chi connectivity index (χ0v) is 11.7. The molecule has 2 fully saturated rings. The van der Waals surface area contributed by atoms with E-state index < -0.39 is 0 Å².